The summed E-state index contributed by atoms with van der Waals surface area (Å²) in [6, 6.07) is 10.2. The van der Waals surface area contributed by atoms with Gasteiger partial charge in [-0.3, -0.25) is 4.79 Å². The SMILES string of the molecule is O=C(c1ncc(F)cc1F)N1CCSCC1c1ccccc1. The summed E-state index contributed by atoms with van der Waals surface area (Å²) in [5.41, 5.74) is 0.680. The predicted molar refractivity (Wildman–Crippen MR) is 81.7 cm³/mol. The van der Waals surface area contributed by atoms with Crippen molar-refractivity contribution >= 4 is 17.7 Å². The molecule has 0 aliphatic carbocycles. The van der Waals surface area contributed by atoms with Crippen LogP contribution in [0.4, 0.5) is 8.78 Å². The van der Waals surface area contributed by atoms with Crippen LogP contribution in [-0.2, 0) is 0 Å². The summed E-state index contributed by atoms with van der Waals surface area (Å²) >= 11 is 1.75. The Labute approximate surface area is 131 Å². The zero-order chi connectivity index (χ0) is 15.5. The molecular weight excluding hydrogens is 306 g/mol. The molecule has 1 aromatic carbocycles. The fraction of sp³-hybridized carbons (Fsp3) is 0.250. The topological polar surface area (TPSA) is 33.2 Å². The van der Waals surface area contributed by atoms with E-state index in [0.717, 1.165) is 23.3 Å². The number of hydrogen-bond donors (Lipinski definition) is 0. The average Bonchev–Trinajstić information content (AvgIpc) is 2.55. The highest BCUT2D eigenvalue weighted by Gasteiger charge is 2.31. The van der Waals surface area contributed by atoms with Gasteiger partial charge in [0.15, 0.2) is 11.5 Å². The normalized spacial score (nSPS) is 18.3. The van der Waals surface area contributed by atoms with Crippen molar-refractivity contribution in [3.8, 4) is 0 Å². The van der Waals surface area contributed by atoms with Crippen LogP contribution >= 0.6 is 11.8 Å². The first-order chi connectivity index (χ1) is 10.7. The van der Waals surface area contributed by atoms with Gasteiger partial charge in [-0.05, 0) is 5.56 Å². The molecule has 1 fully saturated rings. The lowest BCUT2D eigenvalue weighted by Gasteiger charge is -2.35. The number of pyridine rings is 1. The van der Waals surface area contributed by atoms with Gasteiger partial charge >= 0.3 is 0 Å². The molecule has 1 aromatic heterocycles. The summed E-state index contributed by atoms with van der Waals surface area (Å²) in [5.74, 6) is -0.666. The number of aromatic nitrogens is 1. The lowest BCUT2D eigenvalue weighted by atomic mass is 10.1. The molecule has 22 heavy (non-hydrogen) atoms. The molecule has 2 aromatic rings. The van der Waals surface area contributed by atoms with Gasteiger partial charge in [0.2, 0.25) is 0 Å². The first-order valence-electron chi connectivity index (χ1n) is 6.91. The number of thioether (sulfide) groups is 1. The molecule has 1 unspecified atom stereocenters. The molecule has 1 atom stereocenters. The smallest absolute Gasteiger partial charge is 0.276 e. The summed E-state index contributed by atoms with van der Waals surface area (Å²) in [6.45, 7) is 0.515. The number of rotatable bonds is 2. The van der Waals surface area contributed by atoms with Crippen LogP contribution < -0.4 is 0 Å². The van der Waals surface area contributed by atoms with Crippen molar-refractivity contribution in [2.45, 2.75) is 6.04 Å². The van der Waals surface area contributed by atoms with Crippen LogP contribution in [-0.4, -0.2) is 33.8 Å². The van der Waals surface area contributed by atoms with E-state index in [-0.39, 0.29) is 11.7 Å². The number of halogens is 2. The van der Waals surface area contributed by atoms with E-state index in [1.807, 2.05) is 30.3 Å². The molecular formula is C16H14F2N2OS. The van der Waals surface area contributed by atoms with Gasteiger partial charge < -0.3 is 4.90 Å². The first kappa shape index (κ1) is 15.0. The second kappa shape index (κ2) is 6.44. The van der Waals surface area contributed by atoms with Crippen LogP contribution in [0.25, 0.3) is 0 Å². The van der Waals surface area contributed by atoms with Crippen LogP contribution in [0, 0.1) is 11.6 Å². The molecule has 2 heterocycles. The van der Waals surface area contributed by atoms with Crippen LogP contribution in [0.1, 0.15) is 22.1 Å². The molecule has 3 nitrogen and oxygen atoms in total. The zero-order valence-electron chi connectivity index (χ0n) is 11.7. The summed E-state index contributed by atoms with van der Waals surface area (Å²) in [6.07, 6.45) is 0.868. The van der Waals surface area contributed by atoms with Gasteiger partial charge in [-0.25, -0.2) is 13.8 Å². The number of benzene rings is 1. The molecule has 114 valence electrons. The third kappa shape index (κ3) is 2.97. The molecule has 6 heteroatoms. The second-order valence-electron chi connectivity index (χ2n) is 4.98. The van der Waals surface area contributed by atoms with Crippen molar-refractivity contribution in [3.63, 3.8) is 0 Å². The maximum absolute atomic E-state index is 13.8. The molecule has 0 bridgehead atoms. The van der Waals surface area contributed by atoms with E-state index in [1.165, 1.54) is 0 Å². The minimum atomic E-state index is -0.921. The highest BCUT2D eigenvalue weighted by molar-refractivity contribution is 7.99. The fourth-order valence-corrected chi connectivity index (χ4v) is 3.59. The third-order valence-electron chi connectivity index (χ3n) is 3.58. The van der Waals surface area contributed by atoms with Crippen molar-refractivity contribution < 1.29 is 13.6 Å². The van der Waals surface area contributed by atoms with Crippen LogP contribution in [0.15, 0.2) is 42.6 Å². The Morgan fingerprint density at radius 3 is 2.77 bits per heavy atom. The van der Waals surface area contributed by atoms with E-state index < -0.39 is 17.5 Å². The van der Waals surface area contributed by atoms with Crippen molar-refractivity contribution in [2.75, 3.05) is 18.1 Å². The van der Waals surface area contributed by atoms with E-state index in [9.17, 15) is 13.6 Å². The van der Waals surface area contributed by atoms with Gasteiger partial charge in [0.1, 0.15) is 5.82 Å². The van der Waals surface area contributed by atoms with Crippen molar-refractivity contribution in [3.05, 3.63) is 65.5 Å². The predicted octanol–water partition coefficient (Wildman–Crippen LogP) is 3.29. The number of carbonyl (C=O) groups is 1. The van der Waals surface area contributed by atoms with Crippen molar-refractivity contribution in [2.24, 2.45) is 0 Å². The molecule has 0 spiro atoms. The maximum Gasteiger partial charge on any atom is 0.276 e. The Morgan fingerprint density at radius 2 is 2.05 bits per heavy atom. The van der Waals surface area contributed by atoms with Crippen molar-refractivity contribution in [1.29, 1.82) is 0 Å². The fourth-order valence-electron chi connectivity index (χ4n) is 2.51. The van der Waals surface area contributed by atoms with E-state index in [1.54, 1.807) is 16.7 Å². The quantitative estimate of drug-likeness (QED) is 0.851. The third-order valence-corrected chi connectivity index (χ3v) is 4.61. The zero-order valence-corrected chi connectivity index (χ0v) is 12.5. The average molecular weight is 320 g/mol. The van der Waals surface area contributed by atoms with Crippen LogP contribution in [0.5, 0.6) is 0 Å². The lowest BCUT2D eigenvalue weighted by molar-refractivity contribution is 0.0690. The number of carbonyl (C=O) groups excluding carboxylic acids is 1. The number of nitrogens with zero attached hydrogens (tertiary/aromatic N) is 2. The molecule has 0 N–H and O–H groups in total. The Kier molecular flexibility index (Phi) is 4.38. The van der Waals surface area contributed by atoms with Crippen LogP contribution in [0.2, 0.25) is 0 Å². The van der Waals surface area contributed by atoms with E-state index in [2.05, 4.69) is 4.98 Å². The standard InChI is InChI=1S/C16H14F2N2OS/c17-12-8-13(18)15(19-9-12)16(21)20-6-7-22-10-14(20)11-4-2-1-3-5-11/h1-5,8-9,14H,6-7,10H2. The van der Waals surface area contributed by atoms with Gasteiger partial charge in [0.05, 0.1) is 12.2 Å². The Hall–Kier alpha value is -1.95. The van der Waals surface area contributed by atoms with Crippen LogP contribution in [0.3, 0.4) is 0 Å². The Bertz CT molecular complexity index is 681. The van der Waals surface area contributed by atoms with Crippen molar-refractivity contribution in [1.82, 2.24) is 9.88 Å². The number of hydrogen-bond acceptors (Lipinski definition) is 3. The first-order valence-corrected chi connectivity index (χ1v) is 8.07. The summed E-state index contributed by atoms with van der Waals surface area (Å²) in [5, 5.41) is 0. The summed E-state index contributed by atoms with van der Waals surface area (Å²) in [4.78, 5) is 17.9. The Morgan fingerprint density at radius 1 is 1.27 bits per heavy atom. The Balaban J connectivity index is 1.92. The lowest BCUT2D eigenvalue weighted by Crippen LogP contribution is -2.41. The molecule has 0 radical (unpaired) electrons. The molecule has 1 amide bonds. The molecule has 0 saturated carbocycles. The largest absolute Gasteiger partial charge is 0.329 e. The monoisotopic (exact) mass is 320 g/mol. The van der Waals surface area contributed by atoms with E-state index in [0.29, 0.717) is 12.6 Å². The molecule has 1 aliphatic heterocycles. The summed E-state index contributed by atoms with van der Waals surface area (Å²) in [7, 11) is 0. The minimum absolute atomic E-state index is 0.126. The van der Waals surface area contributed by atoms with E-state index in [4.69, 9.17) is 0 Å². The van der Waals surface area contributed by atoms with E-state index >= 15 is 0 Å². The highest BCUT2D eigenvalue weighted by Crippen LogP contribution is 2.30. The molecule has 3 rings (SSSR count). The second-order valence-corrected chi connectivity index (χ2v) is 6.13. The number of amides is 1. The minimum Gasteiger partial charge on any atom is -0.329 e. The molecule has 1 saturated heterocycles. The summed E-state index contributed by atoms with van der Waals surface area (Å²) < 4.78 is 26.8. The van der Waals surface area contributed by atoms with Gasteiger partial charge in [-0.15, -0.1) is 0 Å². The molecule has 1 aliphatic rings. The highest BCUT2D eigenvalue weighted by atomic mass is 32.2. The van der Waals surface area contributed by atoms with Gasteiger partial charge in [0.25, 0.3) is 5.91 Å². The van der Waals surface area contributed by atoms with Gasteiger partial charge in [0, 0.05) is 24.1 Å². The van der Waals surface area contributed by atoms with Gasteiger partial charge in [-0.1, -0.05) is 30.3 Å². The van der Waals surface area contributed by atoms with Gasteiger partial charge in [-0.2, -0.15) is 11.8 Å². The maximum atomic E-state index is 13.8.